The van der Waals surface area contributed by atoms with E-state index in [1.807, 2.05) is 0 Å². The van der Waals surface area contributed by atoms with E-state index in [0.717, 1.165) is 6.42 Å². The van der Waals surface area contributed by atoms with Crippen LogP contribution in [-0.2, 0) is 25.6 Å². The summed E-state index contributed by atoms with van der Waals surface area (Å²) in [6, 6.07) is -4.08. The maximum absolute atomic E-state index is 13.0. The minimum Gasteiger partial charge on any atom is -0.480 e. The lowest BCUT2D eigenvalue weighted by Gasteiger charge is -2.26. The van der Waals surface area contributed by atoms with Crippen LogP contribution in [0.5, 0.6) is 0 Å². The Morgan fingerprint density at radius 2 is 1.76 bits per heavy atom. The van der Waals surface area contributed by atoms with Gasteiger partial charge in [0.25, 0.3) is 0 Å². The summed E-state index contributed by atoms with van der Waals surface area (Å²) in [5.74, 6) is -3.45. The van der Waals surface area contributed by atoms with Crippen molar-refractivity contribution in [1.29, 1.82) is 0 Å². The molecule has 3 amide bonds. The van der Waals surface area contributed by atoms with Gasteiger partial charge in [-0.1, -0.05) is 20.3 Å². The van der Waals surface area contributed by atoms with Gasteiger partial charge in [-0.05, 0) is 25.3 Å². The third-order valence-corrected chi connectivity index (χ3v) is 5.33. The standard InChI is InChI=1S/C20H35N7O5S/c1-11(2)16(27-17(28)13(22)5-3-4-6-21)19(30)25-14(7-12-8-23-10-24-12)18(29)26-15(9-33)20(31)32/h8,10-11,13-16,33H,3-7,9,21-22H2,1-2H3,(H,23,24)(H,25,30)(H,26,29)(H,27,28)(H,31,32). The molecule has 0 radical (unpaired) electrons. The monoisotopic (exact) mass is 485 g/mol. The largest absolute Gasteiger partial charge is 0.480 e. The zero-order valence-electron chi connectivity index (χ0n) is 18.9. The number of rotatable bonds is 15. The second-order valence-electron chi connectivity index (χ2n) is 8.05. The van der Waals surface area contributed by atoms with Gasteiger partial charge >= 0.3 is 5.97 Å². The Hall–Kier alpha value is -2.64. The Bertz CT molecular complexity index is 775. The number of aromatic amines is 1. The number of hydrogen-bond donors (Lipinski definition) is 8. The molecule has 0 fully saturated rings. The van der Waals surface area contributed by atoms with E-state index in [4.69, 9.17) is 11.5 Å². The van der Waals surface area contributed by atoms with Gasteiger partial charge in [0.2, 0.25) is 17.7 Å². The number of carboxylic acids is 1. The molecule has 1 heterocycles. The van der Waals surface area contributed by atoms with E-state index in [-0.39, 0.29) is 18.1 Å². The highest BCUT2D eigenvalue weighted by Crippen LogP contribution is 2.07. The molecule has 186 valence electrons. The minimum atomic E-state index is -1.25. The molecule has 0 saturated carbocycles. The average molecular weight is 486 g/mol. The van der Waals surface area contributed by atoms with Crippen LogP contribution in [0.4, 0.5) is 0 Å². The molecule has 1 aromatic rings. The fourth-order valence-electron chi connectivity index (χ4n) is 2.98. The molecule has 0 spiro atoms. The first-order valence-corrected chi connectivity index (χ1v) is 11.4. The zero-order chi connectivity index (χ0) is 25.0. The second-order valence-corrected chi connectivity index (χ2v) is 8.41. The third kappa shape index (κ3) is 9.80. The summed E-state index contributed by atoms with van der Waals surface area (Å²) >= 11 is 3.94. The Balaban J connectivity index is 2.93. The number of thiol groups is 1. The molecule has 1 aromatic heterocycles. The van der Waals surface area contributed by atoms with Crippen LogP contribution in [0.15, 0.2) is 12.5 Å². The summed E-state index contributed by atoms with van der Waals surface area (Å²) in [4.78, 5) is 56.3. The van der Waals surface area contributed by atoms with Crippen molar-refractivity contribution in [1.82, 2.24) is 25.9 Å². The number of amides is 3. The molecule has 0 aliphatic heterocycles. The van der Waals surface area contributed by atoms with Crippen molar-refractivity contribution in [3.05, 3.63) is 18.2 Å². The Labute approximate surface area is 198 Å². The van der Waals surface area contributed by atoms with Gasteiger partial charge in [-0.2, -0.15) is 12.6 Å². The molecule has 0 aliphatic rings. The first kappa shape index (κ1) is 28.4. The fourth-order valence-corrected chi connectivity index (χ4v) is 3.23. The number of imidazole rings is 1. The molecule has 0 bridgehead atoms. The number of carboxylic acid groups (broad SMARTS) is 1. The highest BCUT2D eigenvalue weighted by Gasteiger charge is 2.31. The molecular weight excluding hydrogens is 450 g/mol. The average Bonchev–Trinajstić information content (AvgIpc) is 3.27. The molecule has 1 rings (SSSR count). The number of aromatic nitrogens is 2. The van der Waals surface area contributed by atoms with Gasteiger partial charge in [-0.25, -0.2) is 9.78 Å². The van der Waals surface area contributed by atoms with Crippen LogP contribution in [0, 0.1) is 5.92 Å². The minimum absolute atomic E-state index is 0.0356. The topological polar surface area (TPSA) is 205 Å². The maximum Gasteiger partial charge on any atom is 0.327 e. The van der Waals surface area contributed by atoms with Crippen LogP contribution in [-0.4, -0.2) is 75.2 Å². The lowest BCUT2D eigenvalue weighted by molar-refractivity contribution is -0.141. The number of nitrogens with zero attached hydrogens (tertiary/aromatic N) is 1. The number of hydrogen-bond acceptors (Lipinski definition) is 8. The predicted molar refractivity (Wildman–Crippen MR) is 125 cm³/mol. The van der Waals surface area contributed by atoms with Crippen LogP contribution < -0.4 is 27.4 Å². The van der Waals surface area contributed by atoms with E-state index >= 15 is 0 Å². The lowest BCUT2D eigenvalue weighted by Crippen LogP contribution is -2.59. The quantitative estimate of drug-likeness (QED) is 0.108. The summed E-state index contributed by atoms with van der Waals surface area (Å²) in [6.45, 7) is 3.99. The molecule has 33 heavy (non-hydrogen) atoms. The van der Waals surface area contributed by atoms with Crippen LogP contribution in [0.2, 0.25) is 0 Å². The van der Waals surface area contributed by atoms with E-state index in [2.05, 4.69) is 38.5 Å². The number of carbonyl (C=O) groups excluding carboxylic acids is 3. The molecule has 0 aromatic carbocycles. The van der Waals surface area contributed by atoms with Gasteiger partial charge in [0.05, 0.1) is 12.4 Å². The van der Waals surface area contributed by atoms with Gasteiger partial charge in [0.1, 0.15) is 18.1 Å². The van der Waals surface area contributed by atoms with Crippen molar-refractivity contribution in [2.45, 2.75) is 63.7 Å². The van der Waals surface area contributed by atoms with Crippen molar-refractivity contribution >= 4 is 36.3 Å². The molecule has 0 saturated heterocycles. The number of nitrogens with one attached hydrogen (secondary N) is 4. The van der Waals surface area contributed by atoms with Crippen LogP contribution in [0.1, 0.15) is 38.8 Å². The number of nitrogens with two attached hydrogens (primary N) is 2. The SMILES string of the molecule is CC(C)C(NC(=O)C(N)CCCCN)C(=O)NC(Cc1cnc[nH]1)C(=O)NC(CS)C(=O)O. The molecular formula is C20H35N7O5S. The second kappa shape index (κ2) is 14.5. The molecule has 4 unspecified atom stereocenters. The van der Waals surface area contributed by atoms with Crippen molar-refractivity contribution in [2.75, 3.05) is 12.3 Å². The summed E-state index contributed by atoms with van der Waals surface area (Å²) < 4.78 is 0. The molecule has 4 atom stereocenters. The van der Waals surface area contributed by atoms with E-state index in [1.165, 1.54) is 12.5 Å². The van der Waals surface area contributed by atoms with E-state index in [0.29, 0.717) is 25.1 Å². The number of carbonyl (C=O) groups is 4. The van der Waals surface area contributed by atoms with Crippen LogP contribution >= 0.6 is 12.6 Å². The summed E-state index contributed by atoms with van der Waals surface area (Å²) in [7, 11) is 0. The molecule has 13 heteroatoms. The van der Waals surface area contributed by atoms with Gasteiger partial charge in [0, 0.05) is 24.1 Å². The van der Waals surface area contributed by atoms with E-state index in [1.54, 1.807) is 13.8 Å². The van der Waals surface area contributed by atoms with Gasteiger partial charge in [0.15, 0.2) is 0 Å². The summed E-state index contributed by atoms with van der Waals surface area (Å²) in [5.41, 5.74) is 11.9. The first-order chi connectivity index (χ1) is 15.6. The van der Waals surface area contributed by atoms with Crippen LogP contribution in [0.25, 0.3) is 0 Å². The Kier molecular flexibility index (Phi) is 12.5. The van der Waals surface area contributed by atoms with Gasteiger partial charge < -0.3 is 37.5 Å². The lowest BCUT2D eigenvalue weighted by atomic mass is 10.0. The van der Waals surface area contributed by atoms with E-state index in [9.17, 15) is 24.3 Å². The number of unbranched alkanes of at least 4 members (excludes halogenated alkanes) is 1. The first-order valence-electron chi connectivity index (χ1n) is 10.8. The van der Waals surface area contributed by atoms with Crippen molar-refractivity contribution < 1.29 is 24.3 Å². The summed E-state index contributed by atoms with van der Waals surface area (Å²) in [6.07, 6.45) is 4.80. The maximum atomic E-state index is 13.0. The smallest absolute Gasteiger partial charge is 0.327 e. The zero-order valence-corrected chi connectivity index (χ0v) is 19.8. The molecule has 9 N–H and O–H groups in total. The van der Waals surface area contributed by atoms with Crippen molar-refractivity contribution in [3.63, 3.8) is 0 Å². The summed E-state index contributed by atoms with van der Waals surface area (Å²) in [5, 5.41) is 16.8. The Morgan fingerprint density at radius 1 is 1.09 bits per heavy atom. The Morgan fingerprint density at radius 3 is 2.27 bits per heavy atom. The normalized spacial score (nSPS) is 14.7. The van der Waals surface area contributed by atoms with Crippen molar-refractivity contribution in [3.8, 4) is 0 Å². The van der Waals surface area contributed by atoms with Gasteiger partial charge in [-0.15, -0.1) is 0 Å². The third-order valence-electron chi connectivity index (χ3n) is 4.96. The number of aliphatic carboxylic acids is 1. The predicted octanol–water partition coefficient (Wildman–Crippen LogP) is -1.47. The molecule has 0 aliphatic carbocycles. The molecule has 12 nitrogen and oxygen atoms in total. The van der Waals surface area contributed by atoms with Crippen molar-refractivity contribution in [2.24, 2.45) is 17.4 Å². The van der Waals surface area contributed by atoms with Gasteiger partial charge in [-0.3, -0.25) is 14.4 Å². The fraction of sp³-hybridized carbons (Fsp3) is 0.650. The van der Waals surface area contributed by atoms with E-state index < -0.39 is 47.9 Å². The highest BCUT2D eigenvalue weighted by molar-refractivity contribution is 7.80. The highest BCUT2D eigenvalue weighted by atomic mass is 32.1. The van der Waals surface area contributed by atoms with Crippen LogP contribution in [0.3, 0.4) is 0 Å². The number of H-pyrrole nitrogens is 1.